The third-order valence-corrected chi connectivity index (χ3v) is 2.36. The number of rotatable bonds is 1. The van der Waals surface area contributed by atoms with Crippen molar-refractivity contribution in [3.63, 3.8) is 0 Å². The molecule has 1 aromatic carbocycles. The van der Waals surface area contributed by atoms with Crippen molar-refractivity contribution >= 4 is 10.1 Å². The zero-order valence-corrected chi connectivity index (χ0v) is 8.22. The van der Waals surface area contributed by atoms with Gasteiger partial charge in [-0.05, 0) is 18.6 Å². The summed E-state index contributed by atoms with van der Waals surface area (Å²) in [5.41, 5.74) is 0.488. The molecule has 0 aliphatic rings. The summed E-state index contributed by atoms with van der Waals surface area (Å²) in [4.78, 5) is -0.139. The fourth-order valence-corrected chi connectivity index (χ4v) is 1.54. The molecule has 0 saturated heterocycles. The van der Waals surface area contributed by atoms with Crippen LogP contribution in [0, 0.1) is 6.92 Å². The largest absolute Gasteiger partial charge is 3.00 e. The third-order valence-electron chi connectivity index (χ3n) is 1.36. The first-order valence-corrected chi connectivity index (χ1v) is 4.44. The predicted octanol–water partition coefficient (Wildman–Crippen LogP) is 0.897. The molecule has 1 aromatic rings. The smallest absolute Gasteiger partial charge is 0.744 e. The van der Waals surface area contributed by atoms with E-state index in [1.54, 1.807) is 19.1 Å². The van der Waals surface area contributed by atoms with Crippen LogP contribution < -0.4 is 0 Å². The summed E-state index contributed by atoms with van der Waals surface area (Å²) < 4.78 is 31.5. The summed E-state index contributed by atoms with van der Waals surface area (Å²) in [7, 11) is -4.28. The molecule has 0 spiro atoms. The Balaban J connectivity index is 0.00000121. The van der Waals surface area contributed by atoms with E-state index in [9.17, 15) is 13.0 Å². The van der Waals surface area contributed by atoms with Gasteiger partial charge in [-0.1, -0.05) is 18.2 Å². The fraction of sp³-hybridized carbons (Fsp3) is 0.143. The van der Waals surface area contributed by atoms with Gasteiger partial charge in [0.25, 0.3) is 0 Å². The van der Waals surface area contributed by atoms with E-state index >= 15 is 0 Å². The van der Waals surface area contributed by atoms with Crippen LogP contribution in [0.2, 0.25) is 0 Å². The molecule has 5 heteroatoms. The van der Waals surface area contributed by atoms with Crippen LogP contribution in [0.4, 0.5) is 0 Å². The van der Waals surface area contributed by atoms with E-state index in [-0.39, 0.29) is 22.0 Å². The van der Waals surface area contributed by atoms with E-state index in [0.717, 1.165) is 0 Å². The Morgan fingerprint density at radius 1 is 1.25 bits per heavy atom. The van der Waals surface area contributed by atoms with Crippen LogP contribution in [0.1, 0.15) is 5.56 Å². The Bertz CT molecular complexity index is 359. The van der Waals surface area contributed by atoms with Crippen molar-refractivity contribution in [1.29, 1.82) is 0 Å². The van der Waals surface area contributed by atoms with Gasteiger partial charge < -0.3 is 4.55 Å². The van der Waals surface area contributed by atoms with E-state index in [1.807, 2.05) is 0 Å². The molecular weight excluding hydrogens is 220 g/mol. The molecule has 0 bridgehead atoms. The van der Waals surface area contributed by atoms with Crippen LogP contribution in [0.3, 0.4) is 0 Å². The van der Waals surface area contributed by atoms with Gasteiger partial charge in [0, 0.05) is 0 Å². The van der Waals surface area contributed by atoms with Gasteiger partial charge in [0.1, 0.15) is 10.1 Å². The number of hydrogen-bond acceptors (Lipinski definition) is 3. The Morgan fingerprint density at radius 2 is 1.75 bits per heavy atom. The van der Waals surface area contributed by atoms with E-state index in [1.165, 1.54) is 12.1 Å². The molecule has 1 rings (SSSR count). The molecule has 0 aliphatic heterocycles. The van der Waals surface area contributed by atoms with Crippen LogP contribution in [0.25, 0.3) is 0 Å². The Morgan fingerprint density at radius 3 is 2.08 bits per heavy atom. The molecule has 0 saturated carbocycles. The summed E-state index contributed by atoms with van der Waals surface area (Å²) >= 11 is 0. The van der Waals surface area contributed by atoms with Crippen LogP contribution in [0.5, 0.6) is 0 Å². The quantitative estimate of drug-likeness (QED) is 0.528. The average molecular weight is 227 g/mol. The van der Waals surface area contributed by atoms with Crippen LogP contribution in [-0.4, -0.2) is 13.0 Å². The van der Waals surface area contributed by atoms with Gasteiger partial charge in [0.05, 0.1) is 4.90 Å². The van der Waals surface area contributed by atoms with Gasteiger partial charge in [-0.25, -0.2) is 8.42 Å². The van der Waals surface area contributed by atoms with Crippen molar-refractivity contribution in [2.75, 3.05) is 0 Å². The molecule has 0 unspecified atom stereocenters. The second-order valence-corrected chi connectivity index (χ2v) is 3.57. The van der Waals surface area contributed by atoms with Crippen LogP contribution in [-0.2, 0) is 27.2 Å². The molecule has 0 fully saturated rings. The molecule has 12 heavy (non-hydrogen) atoms. The number of benzene rings is 1. The van der Waals surface area contributed by atoms with Crippen LogP contribution >= 0.6 is 0 Å². The third kappa shape index (κ3) is 2.60. The second-order valence-electron chi connectivity index (χ2n) is 2.22. The molecule has 0 N–H and O–H groups in total. The molecule has 0 heterocycles. The van der Waals surface area contributed by atoms with Gasteiger partial charge in [-0.3, -0.25) is 0 Å². The summed E-state index contributed by atoms with van der Waals surface area (Å²) in [5.74, 6) is 0. The van der Waals surface area contributed by atoms with E-state index in [4.69, 9.17) is 0 Å². The van der Waals surface area contributed by atoms with Crippen LogP contribution in [0.15, 0.2) is 29.2 Å². The predicted molar refractivity (Wildman–Crippen MR) is 39.1 cm³/mol. The maximum absolute atomic E-state index is 10.5. The second kappa shape index (κ2) is 4.05. The van der Waals surface area contributed by atoms with E-state index < -0.39 is 10.1 Å². The van der Waals surface area contributed by atoms with Crippen molar-refractivity contribution in [2.24, 2.45) is 0 Å². The first-order valence-electron chi connectivity index (χ1n) is 3.03. The molecule has 1 radical (unpaired) electrons. The molecule has 0 amide bonds. The van der Waals surface area contributed by atoms with E-state index in [2.05, 4.69) is 0 Å². The molecule has 0 aromatic heterocycles. The van der Waals surface area contributed by atoms with Crippen molar-refractivity contribution in [3.05, 3.63) is 29.8 Å². The Kier molecular flexibility index (Phi) is 3.93. The van der Waals surface area contributed by atoms with Gasteiger partial charge in [-0.15, -0.1) is 0 Å². The Hall–Kier alpha value is -0.351. The van der Waals surface area contributed by atoms with Gasteiger partial charge in [0.2, 0.25) is 0 Å². The summed E-state index contributed by atoms with van der Waals surface area (Å²) in [6.07, 6.45) is 0. The normalized spacial score (nSPS) is 10.5. The van der Waals surface area contributed by atoms with Crippen molar-refractivity contribution in [1.82, 2.24) is 0 Å². The molecule has 0 aliphatic carbocycles. The van der Waals surface area contributed by atoms with E-state index in [0.29, 0.717) is 5.56 Å². The monoisotopic (exact) mass is 227 g/mol. The van der Waals surface area contributed by atoms with Gasteiger partial charge in [-0.2, -0.15) is 0 Å². The zero-order chi connectivity index (χ0) is 8.48. The first-order chi connectivity index (χ1) is 5.02. The molecular formula is C7H7FeO3S+2. The average Bonchev–Trinajstić information content (AvgIpc) is 1.86. The van der Waals surface area contributed by atoms with Gasteiger partial charge >= 0.3 is 17.1 Å². The van der Waals surface area contributed by atoms with Crippen molar-refractivity contribution < 1.29 is 30.0 Å². The first kappa shape index (κ1) is 11.6. The molecule has 3 nitrogen and oxygen atoms in total. The van der Waals surface area contributed by atoms with Gasteiger partial charge in [0.15, 0.2) is 0 Å². The Labute approximate surface area is 82.0 Å². The summed E-state index contributed by atoms with van der Waals surface area (Å²) in [5, 5.41) is 0. The number of aryl methyl sites for hydroxylation is 1. The summed E-state index contributed by atoms with van der Waals surface area (Å²) in [6.45, 7) is 1.59. The zero-order valence-electron chi connectivity index (χ0n) is 6.30. The minimum atomic E-state index is -4.28. The van der Waals surface area contributed by atoms with Crippen molar-refractivity contribution in [2.45, 2.75) is 11.8 Å². The SMILES string of the molecule is Cc1ccccc1S(=O)(=O)[O-].[Fe+3]. The van der Waals surface area contributed by atoms with Crippen molar-refractivity contribution in [3.8, 4) is 0 Å². The molecule has 0 atom stereocenters. The minimum absolute atomic E-state index is 0. The number of hydrogen-bond donors (Lipinski definition) is 0. The summed E-state index contributed by atoms with van der Waals surface area (Å²) in [6, 6.07) is 6.10. The minimum Gasteiger partial charge on any atom is -0.744 e. The fourth-order valence-electron chi connectivity index (χ4n) is 0.837. The maximum atomic E-state index is 10.5. The standard InChI is InChI=1S/C7H8O3S.Fe/c1-6-4-2-3-5-7(6)11(8,9)10;/h2-5H,1H3,(H,8,9,10);/q;+3/p-1. The maximum Gasteiger partial charge on any atom is 3.00 e. The topological polar surface area (TPSA) is 57.2 Å². The molecule has 65 valence electrons.